The molecule has 1 heterocycles. The van der Waals surface area contributed by atoms with Crippen LogP contribution in [0.3, 0.4) is 0 Å². The molecule has 3 aromatic rings. The molecule has 0 spiro atoms. The van der Waals surface area contributed by atoms with Crippen molar-refractivity contribution in [2.24, 2.45) is 0 Å². The first kappa shape index (κ1) is 18.4. The van der Waals surface area contributed by atoms with E-state index in [2.05, 4.69) is 15.6 Å². The van der Waals surface area contributed by atoms with E-state index in [0.29, 0.717) is 17.3 Å². The SMILES string of the molecule is CCOc1ccc2nc(NC(=O)CNC(=O)c3ccc4c(c3)CCC4)sc2c1. The monoisotopic (exact) mass is 395 g/mol. The number of rotatable bonds is 6. The van der Waals surface area contributed by atoms with Crippen molar-refractivity contribution in [1.29, 1.82) is 0 Å². The number of aromatic nitrogens is 1. The van der Waals surface area contributed by atoms with E-state index in [-0.39, 0.29) is 18.4 Å². The number of amides is 2. The van der Waals surface area contributed by atoms with Crippen LogP contribution in [-0.2, 0) is 17.6 Å². The standard InChI is InChI=1S/C21H21N3O3S/c1-2-27-16-8-9-17-18(11-16)28-21(23-17)24-19(25)12-22-20(26)15-7-6-13-4-3-5-14(13)10-15/h6-11H,2-5,12H2,1H3,(H,22,26)(H,23,24,25). The van der Waals surface area contributed by atoms with Crippen LogP contribution in [-0.4, -0.2) is 29.9 Å². The van der Waals surface area contributed by atoms with Crippen LogP contribution in [0.4, 0.5) is 5.13 Å². The molecule has 0 fully saturated rings. The number of aryl methyl sites for hydroxylation is 2. The van der Waals surface area contributed by atoms with Gasteiger partial charge in [-0.05, 0) is 67.6 Å². The van der Waals surface area contributed by atoms with Crippen molar-refractivity contribution < 1.29 is 14.3 Å². The number of nitrogens with one attached hydrogen (secondary N) is 2. The third-order valence-corrected chi connectivity index (χ3v) is 5.62. The van der Waals surface area contributed by atoms with Gasteiger partial charge in [0.25, 0.3) is 5.91 Å². The molecule has 2 aromatic carbocycles. The van der Waals surface area contributed by atoms with Crippen molar-refractivity contribution in [2.75, 3.05) is 18.5 Å². The van der Waals surface area contributed by atoms with Crippen LogP contribution in [0.2, 0.25) is 0 Å². The largest absolute Gasteiger partial charge is 0.494 e. The molecule has 7 heteroatoms. The fourth-order valence-corrected chi connectivity index (χ4v) is 4.26. The number of hydrogen-bond donors (Lipinski definition) is 2. The van der Waals surface area contributed by atoms with Crippen LogP contribution >= 0.6 is 11.3 Å². The summed E-state index contributed by atoms with van der Waals surface area (Å²) in [5.41, 5.74) is 3.94. The lowest BCUT2D eigenvalue weighted by Crippen LogP contribution is -2.32. The lowest BCUT2D eigenvalue weighted by molar-refractivity contribution is -0.115. The highest BCUT2D eigenvalue weighted by Crippen LogP contribution is 2.29. The highest BCUT2D eigenvalue weighted by Gasteiger charge is 2.15. The predicted molar refractivity (Wildman–Crippen MR) is 110 cm³/mol. The van der Waals surface area contributed by atoms with Gasteiger partial charge in [-0.25, -0.2) is 4.98 Å². The molecule has 6 nitrogen and oxygen atoms in total. The van der Waals surface area contributed by atoms with E-state index in [1.165, 1.54) is 22.5 Å². The summed E-state index contributed by atoms with van der Waals surface area (Å²) < 4.78 is 6.42. The van der Waals surface area contributed by atoms with Gasteiger partial charge >= 0.3 is 0 Å². The zero-order valence-electron chi connectivity index (χ0n) is 15.6. The van der Waals surface area contributed by atoms with E-state index >= 15 is 0 Å². The highest BCUT2D eigenvalue weighted by atomic mass is 32.1. The summed E-state index contributed by atoms with van der Waals surface area (Å²) in [6.45, 7) is 2.42. The van der Waals surface area contributed by atoms with Crippen molar-refractivity contribution in [1.82, 2.24) is 10.3 Å². The Morgan fingerprint density at radius 2 is 2.00 bits per heavy atom. The fourth-order valence-electron chi connectivity index (χ4n) is 3.35. The van der Waals surface area contributed by atoms with E-state index < -0.39 is 0 Å². The summed E-state index contributed by atoms with van der Waals surface area (Å²) in [6.07, 6.45) is 3.23. The maximum absolute atomic E-state index is 12.3. The fraction of sp³-hybridized carbons (Fsp3) is 0.286. The van der Waals surface area contributed by atoms with Crippen LogP contribution in [0.5, 0.6) is 5.75 Å². The zero-order valence-corrected chi connectivity index (χ0v) is 16.4. The average molecular weight is 395 g/mol. The van der Waals surface area contributed by atoms with E-state index in [1.807, 2.05) is 43.3 Å². The minimum Gasteiger partial charge on any atom is -0.494 e. The smallest absolute Gasteiger partial charge is 0.251 e. The number of fused-ring (bicyclic) bond motifs is 2. The van der Waals surface area contributed by atoms with E-state index in [0.717, 1.165) is 35.2 Å². The Balaban J connectivity index is 1.35. The lowest BCUT2D eigenvalue weighted by atomic mass is 10.1. The first-order valence-corrected chi connectivity index (χ1v) is 10.2. The topological polar surface area (TPSA) is 80.3 Å². The summed E-state index contributed by atoms with van der Waals surface area (Å²) >= 11 is 1.37. The van der Waals surface area contributed by atoms with Crippen LogP contribution < -0.4 is 15.4 Å². The van der Waals surface area contributed by atoms with Crippen molar-refractivity contribution in [2.45, 2.75) is 26.2 Å². The quantitative estimate of drug-likeness (QED) is 0.669. The van der Waals surface area contributed by atoms with E-state index in [9.17, 15) is 9.59 Å². The number of benzene rings is 2. The van der Waals surface area contributed by atoms with Crippen molar-refractivity contribution in [3.63, 3.8) is 0 Å². The van der Waals surface area contributed by atoms with Gasteiger partial charge < -0.3 is 15.4 Å². The molecule has 0 saturated heterocycles. The molecule has 0 unspecified atom stereocenters. The molecule has 2 amide bonds. The molecule has 144 valence electrons. The summed E-state index contributed by atoms with van der Waals surface area (Å²) in [7, 11) is 0. The van der Waals surface area contributed by atoms with E-state index in [1.54, 1.807) is 0 Å². The number of ether oxygens (including phenoxy) is 1. The third kappa shape index (κ3) is 3.99. The molecule has 0 atom stereocenters. The molecule has 0 radical (unpaired) electrons. The molecular formula is C21H21N3O3S. The Bertz CT molecular complexity index is 1040. The van der Waals surface area contributed by atoms with Gasteiger partial charge in [-0.15, -0.1) is 0 Å². The molecular weight excluding hydrogens is 374 g/mol. The molecule has 1 aliphatic carbocycles. The van der Waals surface area contributed by atoms with Gasteiger partial charge in [0.2, 0.25) is 5.91 Å². The predicted octanol–water partition coefficient (Wildman–Crippen LogP) is 3.55. The van der Waals surface area contributed by atoms with E-state index in [4.69, 9.17) is 4.74 Å². The van der Waals surface area contributed by atoms with Crippen LogP contribution in [0.15, 0.2) is 36.4 Å². The zero-order chi connectivity index (χ0) is 19.5. The number of carbonyl (C=O) groups excluding carboxylic acids is 2. The van der Waals surface area contributed by atoms with Crippen LogP contribution in [0.1, 0.15) is 34.8 Å². The Kier molecular flexibility index (Phi) is 5.25. The number of thiazole rings is 1. The third-order valence-electron chi connectivity index (χ3n) is 4.69. The Labute approximate surface area is 166 Å². The molecule has 2 N–H and O–H groups in total. The number of carbonyl (C=O) groups is 2. The van der Waals surface area contributed by atoms with Crippen molar-refractivity contribution in [3.8, 4) is 5.75 Å². The average Bonchev–Trinajstić information content (AvgIpc) is 3.31. The van der Waals surface area contributed by atoms with Gasteiger partial charge in [0.05, 0.1) is 23.4 Å². The molecule has 0 aliphatic heterocycles. The van der Waals surface area contributed by atoms with Crippen LogP contribution in [0.25, 0.3) is 10.2 Å². The van der Waals surface area contributed by atoms with Gasteiger partial charge in [-0.2, -0.15) is 0 Å². The Morgan fingerprint density at radius 3 is 2.86 bits per heavy atom. The van der Waals surface area contributed by atoms with Gasteiger partial charge in [0, 0.05) is 5.56 Å². The maximum atomic E-state index is 12.3. The Hall–Kier alpha value is -2.93. The second-order valence-electron chi connectivity index (χ2n) is 6.65. The summed E-state index contributed by atoms with van der Waals surface area (Å²) in [5.74, 6) is 0.229. The van der Waals surface area contributed by atoms with Gasteiger partial charge in [-0.1, -0.05) is 17.4 Å². The molecule has 1 aliphatic rings. The molecule has 0 bridgehead atoms. The maximum Gasteiger partial charge on any atom is 0.251 e. The van der Waals surface area contributed by atoms with Crippen molar-refractivity contribution in [3.05, 3.63) is 53.1 Å². The van der Waals surface area contributed by atoms with Crippen molar-refractivity contribution >= 4 is 38.5 Å². The highest BCUT2D eigenvalue weighted by molar-refractivity contribution is 7.22. The Morgan fingerprint density at radius 1 is 1.14 bits per heavy atom. The number of anilines is 1. The second kappa shape index (κ2) is 7.98. The minimum atomic E-state index is -0.307. The minimum absolute atomic E-state index is 0.101. The van der Waals surface area contributed by atoms with Gasteiger partial charge in [-0.3, -0.25) is 9.59 Å². The second-order valence-corrected chi connectivity index (χ2v) is 7.68. The normalized spacial score (nSPS) is 12.6. The molecule has 1 aromatic heterocycles. The lowest BCUT2D eigenvalue weighted by Gasteiger charge is -2.07. The van der Waals surface area contributed by atoms with Crippen LogP contribution in [0, 0.1) is 0 Å². The first-order valence-electron chi connectivity index (χ1n) is 9.35. The summed E-state index contributed by atoms with van der Waals surface area (Å²) in [6, 6.07) is 11.4. The molecule has 28 heavy (non-hydrogen) atoms. The summed E-state index contributed by atoms with van der Waals surface area (Å²) in [5, 5.41) is 5.92. The summed E-state index contributed by atoms with van der Waals surface area (Å²) in [4.78, 5) is 28.9. The molecule has 0 saturated carbocycles. The molecule has 4 rings (SSSR count). The first-order chi connectivity index (χ1) is 13.6. The number of nitrogens with zero attached hydrogens (tertiary/aromatic N) is 1. The number of hydrogen-bond acceptors (Lipinski definition) is 5. The van der Waals surface area contributed by atoms with Gasteiger partial charge in [0.1, 0.15) is 5.75 Å². The van der Waals surface area contributed by atoms with Gasteiger partial charge in [0.15, 0.2) is 5.13 Å².